The van der Waals surface area contributed by atoms with Crippen molar-refractivity contribution in [3.63, 3.8) is 0 Å². The summed E-state index contributed by atoms with van der Waals surface area (Å²) < 4.78 is 30.4. The normalized spacial score (nSPS) is 10.9. The molecule has 7 nitrogen and oxygen atoms in total. The number of anilines is 3. The quantitative estimate of drug-likeness (QED) is 0.746. The second kappa shape index (κ2) is 7.78. The van der Waals surface area contributed by atoms with Crippen LogP contribution in [0.15, 0.2) is 42.6 Å². The summed E-state index contributed by atoms with van der Waals surface area (Å²) in [5.74, 6) is -0.0664. The molecule has 0 unspecified atom stereocenters. The fourth-order valence-corrected chi connectivity index (χ4v) is 3.06. The van der Waals surface area contributed by atoms with Crippen molar-refractivity contribution >= 4 is 33.2 Å². The van der Waals surface area contributed by atoms with Crippen molar-refractivity contribution in [2.45, 2.75) is 13.3 Å². The van der Waals surface area contributed by atoms with Gasteiger partial charge in [0.1, 0.15) is 5.82 Å². The average Bonchev–Trinajstić information content (AvgIpc) is 2.56. The van der Waals surface area contributed by atoms with E-state index in [-0.39, 0.29) is 11.6 Å². The molecule has 0 aliphatic heterocycles. The van der Waals surface area contributed by atoms with Crippen LogP contribution >= 0.6 is 0 Å². The number of nitrogens with zero attached hydrogens (tertiary/aromatic N) is 1. The van der Waals surface area contributed by atoms with Crippen LogP contribution < -0.4 is 10.0 Å². The molecule has 2 N–H and O–H groups in total. The molecule has 8 heteroatoms. The van der Waals surface area contributed by atoms with Gasteiger partial charge < -0.3 is 10.1 Å². The van der Waals surface area contributed by atoms with Crippen LogP contribution in [0.5, 0.6) is 0 Å². The van der Waals surface area contributed by atoms with Crippen LogP contribution in [0.25, 0.3) is 0 Å². The molecule has 0 spiro atoms. The lowest BCUT2D eigenvalue weighted by Crippen LogP contribution is -2.16. The van der Waals surface area contributed by atoms with Crippen molar-refractivity contribution in [3.8, 4) is 0 Å². The van der Waals surface area contributed by atoms with Gasteiger partial charge in [0.15, 0.2) is 0 Å². The largest absolute Gasteiger partial charge is 0.465 e. The number of rotatable bonds is 7. The Bertz CT molecular complexity index is 787. The number of carbonyl (C=O) groups excluding carboxylic acids is 1. The van der Waals surface area contributed by atoms with Gasteiger partial charge in [0, 0.05) is 5.69 Å². The molecule has 0 amide bonds. The van der Waals surface area contributed by atoms with E-state index < -0.39 is 16.0 Å². The number of benzene rings is 1. The smallest absolute Gasteiger partial charge is 0.337 e. The molecule has 1 aromatic carbocycles. The molecule has 0 aliphatic carbocycles. The van der Waals surface area contributed by atoms with Gasteiger partial charge >= 0.3 is 5.97 Å². The topological polar surface area (TPSA) is 97.4 Å². The molecule has 1 heterocycles. The molecular formula is C16H19N3O4S. The highest BCUT2D eigenvalue weighted by atomic mass is 32.2. The molecule has 0 fully saturated rings. The molecule has 2 rings (SSSR count). The third kappa shape index (κ3) is 4.95. The van der Waals surface area contributed by atoms with Crippen LogP contribution in [0.4, 0.5) is 17.2 Å². The lowest BCUT2D eigenvalue weighted by Gasteiger charge is -2.09. The maximum Gasteiger partial charge on any atom is 0.337 e. The zero-order valence-corrected chi connectivity index (χ0v) is 14.3. The van der Waals surface area contributed by atoms with Crippen LogP contribution in [0, 0.1) is 0 Å². The van der Waals surface area contributed by atoms with E-state index in [2.05, 4.69) is 19.8 Å². The fraction of sp³-hybridized carbons (Fsp3) is 0.250. The van der Waals surface area contributed by atoms with Crippen molar-refractivity contribution < 1.29 is 17.9 Å². The van der Waals surface area contributed by atoms with Crippen molar-refractivity contribution in [1.82, 2.24) is 4.98 Å². The Balaban J connectivity index is 2.02. The van der Waals surface area contributed by atoms with Crippen LogP contribution in [0.1, 0.15) is 23.7 Å². The minimum absolute atomic E-state index is 0.0568. The number of hydrogen-bond acceptors (Lipinski definition) is 6. The van der Waals surface area contributed by atoms with Crippen molar-refractivity contribution in [3.05, 3.63) is 48.2 Å². The first-order chi connectivity index (χ1) is 11.4. The Morgan fingerprint density at radius 2 is 1.79 bits per heavy atom. The van der Waals surface area contributed by atoms with Gasteiger partial charge in [-0.15, -0.1) is 0 Å². The van der Waals surface area contributed by atoms with Gasteiger partial charge in [-0.05, 0) is 42.8 Å². The third-order valence-corrected chi connectivity index (χ3v) is 4.56. The Kier molecular flexibility index (Phi) is 5.75. The Labute approximate surface area is 141 Å². The van der Waals surface area contributed by atoms with E-state index in [0.717, 1.165) is 5.69 Å². The number of sulfonamides is 1. The lowest BCUT2D eigenvalue weighted by atomic mass is 10.2. The minimum Gasteiger partial charge on any atom is -0.465 e. The molecule has 128 valence electrons. The van der Waals surface area contributed by atoms with Crippen molar-refractivity contribution in [2.24, 2.45) is 0 Å². The maximum atomic E-state index is 11.7. The zero-order valence-electron chi connectivity index (χ0n) is 13.4. The predicted octanol–water partition coefficient (Wildman–Crippen LogP) is 2.76. The molecule has 0 aliphatic rings. The van der Waals surface area contributed by atoms with Gasteiger partial charge in [-0.25, -0.2) is 18.2 Å². The number of nitrogens with one attached hydrogen (secondary N) is 2. The van der Waals surface area contributed by atoms with Gasteiger partial charge in [0.2, 0.25) is 10.0 Å². The zero-order chi connectivity index (χ0) is 17.6. The Morgan fingerprint density at radius 1 is 1.12 bits per heavy atom. The number of ether oxygens (including phenoxy) is 1. The van der Waals surface area contributed by atoms with Gasteiger partial charge in [-0.3, -0.25) is 4.72 Å². The average molecular weight is 349 g/mol. The molecule has 0 saturated carbocycles. The lowest BCUT2D eigenvalue weighted by molar-refractivity contribution is 0.0601. The van der Waals surface area contributed by atoms with Gasteiger partial charge in [0.05, 0.1) is 30.3 Å². The summed E-state index contributed by atoms with van der Waals surface area (Å²) >= 11 is 0. The predicted molar refractivity (Wildman–Crippen MR) is 93.0 cm³/mol. The summed E-state index contributed by atoms with van der Waals surface area (Å²) in [5, 5.41) is 3.11. The third-order valence-electron chi connectivity index (χ3n) is 3.09. The number of methoxy groups -OCH3 is 1. The summed E-state index contributed by atoms with van der Waals surface area (Å²) in [4.78, 5) is 15.4. The first kappa shape index (κ1) is 17.7. The molecule has 0 bridgehead atoms. The van der Waals surface area contributed by atoms with Crippen molar-refractivity contribution in [1.29, 1.82) is 0 Å². The van der Waals surface area contributed by atoms with E-state index in [4.69, 9.17) is 0 Å². The highest BCUT2D eigenvalue weighted by molar-refractivity contribution is 7.92. The monoisotopic (exact) mass is 349 g/mol. The van der Waals surface area contributed by atoms with E-state index >= 15 is 0 Å². The molecule has 0 radical (unpaired) electrons. The minimum atomic E-state index is -3.35. The van der Waals surface area contributed by atoms with Crippen LogP contribution in [0.2, 0.25) is 0 Å². The van der Waals surface area contributed by atoms with E-state index in [0.29, 0.717) is 17.7 Å². The molecule has 2 aromatic rings. The summed E-state index contributed by atoms with van der Waals surface area (Å²) in [6.07, 6.45) is 2.06. The summed E-state index contributed by atoms with van der Waals surface area (Å²) in [7, 11) is -2.02. The molecular weight excluding hydrogens is 330 g/mol. The molecule has 1 aromatic heterocycles. The Hall–Kier alpha value is -2.61. The number of pyridine rings is 1. The number of esters is 1. The van der Waals surface area contributed by atoms with Crippen LogP contribution in [0.3, 0.4) is 0 Å². The number of carbonyl (C=O) groups is 1. The second-order valence-corrected chi connectivity index (χ2v) is 6.89. The van der Waals surface area contributed by atoms with Gasteiger partial charge in [-0.1, -0.05) is 6.92 Å². The fourth-order valence-electron chi connectivity index (χ4n) is 1.98. The molecule has 0 atom stereocenters. The Morgan fingerprint density at radius 3 is 2.33 bits per heavy atom. The second-order valence-electron chi connectivity index (χ2n) is 5.05. The van der Waals surface area contributed by atoms with Crippen LogP contribution in [-0.2, 0) is 14.8 Å². The van der Waals surface area contributed by atoms with Gasteiger partial charge in [0.25, 0.3) is 0 Å². The molecule has 0 saturated heterocycles. The highest BCUT2D eigenvalue weighted by Crippen LogP contribution is 2.18. The van der Waals surface area contributed by atoms with Crippen LogP contribution in [-0.4, -0.2) is 32.2 Å². The summed E-state index contributed by atoms with van der Waals surface area (Å²) in [6, 6.07) is 10.1. The van der Waals surface area contributed by atoms with Gasteiger partial charge in [-0.2, -0.15) is 0 Å². The number of hydrogen-bond donors (Lipinski definition) is 2. The van der Waals surface area contributed by atoms with E-state index in [1.807, 2.05) is 0 Å². The van der Waals surface area contributed by atoms with E-state index in [1.54, 1.807) is 43.3 Å². The first-order valence-electron chi connectivity index (χ1n) is 7.35. The summed E-state index contributed by atoms with van der Waals surface area (Å²) in [6.45, 7) is 1.80. The van der Waals surface area contributed by atoms with Crippen molar-refractivity contribution in [2.75, 3.05) is 22.9 Å². The standard InChI is InChI=1S/C16H19N3O4S/c1-3-10-24(21,22)19-15-9-8-14(11-17-15)18-13-6-4-12(5-7-13)16(20)23-2/h4-9,11,18H,3,10H2,1-2H3,(H,17,19). The van der Waals surface area contributed by atoms with E-state index in [1.165, 1.54) is 13.3 Å². The molecule has 24 heavy (non-hydrogen) atoms. The number of aromatic nitrogens is 1. The highest BCUT2D eigenvalue weighted by Gasteiger charge is 2.09. The SMILES string of the molecule is CCCS(=O)(=O)Nc1ccc(Nc2ccc(C(=O)OC)cc2)cn1. The summed E-state index contributed by atoms with van der Waals surface area (Å²) in [5.41, 5.74) is 1.92. The first-order valence-corrected chi connectivity index (χ1v) is 9.00. The van der Waals surface area contributed by atoms with E-state index in [9.17, 15) is 13.2 Å². The maximum absolute atomic E-state index is 11.7.